The molecule has 152 valence electrons. The number of benzene rings is 2. The number of hydrogen-bond donors (Lipinski definition) is 2. The Kier molecular flexibility index (Phi) is 7.80. The first-order chi connectivity index (χ1) is 13.7. The van der Waals surface area contributed by atoms with Gasteiger partial charge in [-0.25, -0.2) is 4.39 Å². The predicted octanol–water partition coefficient (Wildman–Crippen LogP) is 2.27. The van der Waals surface area contributed by atoms with Gasteiger partial charge in [0.05, 0.1) is 6.61 Å². The van der Waals surface area contributed by atoms with Crippen molar-refractivity contribution in [1.29, 1.82) is 0 Å². The van der Waals surface area contributed by atoms with Crippen molar-refractivity contribution < 1.29 is 19.3 Å². The Bertz CT molecular complexity index is 726. The SMILES string of the molecule is OCCOc1cccc(CN2CCN(Cc3ccc(F)cc3)C(CCO)C2)c1. The molecule has 1 aliphatic rings. The monoisotopic (exact) mass is 388 g/mol. The summed E-state index contributed by atoms with van der Waals surface area (Å²) in [5.41, 5.74) is 2.26. The lowest BCUT2D eigenvalue weighted by Gasteiger charge is -2.41. The third-order valence-corrected chi connectivity index (χ3v) is 5.11. The van der Waals surface area contributed by atoms with Crippen molar-refractivity contribution in [2.45, 2.75) is 25.6 Å². The Morgan fingerprint density at radius 3 is 2.54 bits per heavy atom. The van der Waals surface area contributed by atoms with Crippen molar-refractivity contribution in [2.75, 3.05) is 39.5 Å². The molecule has 5 nitrogen and oxygen atoms in total. The van der Waals surface area contributed by atoms with Gasteiger partial charge in [-0.1, -0.05) is 24.3 Å². The van der Waals surface area contributed by atoms with Crippen LogP contribution in [0.5, 0.6) is 5.75 Å². The van der Waals surface area contributed by atoms with Gasteiger partial charge in [0.1, 0.15) is 18.2 Å². The van der Waals surface area contributed by atoms with Gasteiger partial charge in [-0.2, -0.15) is 0 Å². The van der Waals surface area contributed by atoms with Gasteiger partial charge in [0.25, 0.3) is 0 Å². The second kappa shape index (κ2) is 10.5. The molecule has 3 rings (SSSR count). The lowest BCUT2D eigenvalue weighted by Crippen LogP contribution is -2.52. The number of hydrogen-bond acceptors (Lipinski definition) is 5. The summed E-state index contributed by atoms with van der Waals surface area (Å²) in [6.07, 6.45) is 0.720. The van der Waals surface area contributed by atoms with E-state index in [9.17, 15) is 9.50 Å². The van der Waals surface area contributed by atoms with Crippen molar-refractivity contribution in [3.63, 3.8) is 0 Å². The molecule has 0 amide bonds. The smallest absolute Gasteiger partial charge is 0.123 e. The van der Waals surface area contributed by atoms with Gasteiger partial charge in [0, 0.05) is 45.4 Å². The van der Waals surface area contributed by atoms with Gasteiger partial charge in [0.2, 0.25) is 0 Å². The van der Waals surface area contributed by atoms with Crippen LogP contribution in [0, 0.1) is 5.82 Å². The van der Waals surface area contributed by atoms with E-state index < -0.39 is 0 Å². The number of piperazine rings is 1. The van der Waals surface area contributed by atoms with E-state index in [0.717, 1.165) is 50.5 Å². The standard InChI is InChI=1S/C22H29FN2O3/c23-20-6-4-18(5-7-20)16-25-10-9-24(17-21(25)8-11-26)15-19-2-1-3-22(14-19)28-13-12-27/h1-7,14,21,26-27H,8-13,15-17H2. The second-order valence-corrected chi connectivity index (χ2v) is 7.22. The Morgan fingerprint density at radius 2 is 1.79 bits per heavy atom. The number of aliphatic hydroxyl groups excluding tert-OH is 2. The lowest BCUT2D eigenvalue weighted by molar-refractivity contribution is 0.0499. The molecule has 0 spiro atoms. The van der Waals surface area contributed by atoms with E-state index >= 15 is 0 Å². The minimum absolute atomic E-state index is 0.00306. The highest BCUT2D eigenvalue weighted by Gasteiger charge is 2.26. The molecule has 1 unspecified atom stereocenters. The van der Waals surface area contributed by atoms with Crippen LogP contribution in [0.15, 0.2) is 48.5 Å². The van der Waals surface area contributed by atoms with E-state index in [1.54, 1.807) is 0 Å². The Hall–Kier alpha value is -1.99. The Morgan fingerprint density at radius 1 is 0.964 bits per heavy atom. The maximum Gasteiger partial charge on any atom is 0.123 e. The van der Waals surface area contributed by atoms with Crippen molar-refractivity contribution in [3.8, 4) is 5.75 Å². The summed E-state index contributed by atoms with van der Waals surface area (Å²) in [7, 11) is 0. The topological polar surface area (TPSA) is 56.2 Å². The van der Waals surface area contributed by atoms with Crippen molar-refractivity contribution in [2.24, 2.45) is 0 Å². The highest BCUT2D eigenvalue weighted by molar-refractivity contribution is 5.28. The normalized spacial score (nSPS) is 18.3. The van der Waals surface area contributed by atoms with Crippen molar-refractivity contribution in [1.82, 2.24) is 9.80 Å². The predicted molar refractivity (Wildman–Crippen MR) is 107 cm³/mol. The van der Waals surface area contributed by atoms with Crippen LogP contribution in [0.1, 0.15) is 17.5 Å². The van der Waals surface area contributed by atoms with Gasteiger partial charge in [-0.05, 0) is 41.8 Å². The van der Waals surface area contributed by atoms with E-state index in [0.29, 0.717) is 6.61 Å². The van der Waals surface area contributed by atoms with Crippen LogP contribution in [0.4, 0.5) is 4.39 Å². The number of aliphatic hydroxyl groups is 2. The van der Waals surface area contributed by atoms with Crippen molar-refractivity contribution in [3.05, 3.63) is 65.5 Å². The van der Waals surface area contributed by atoms with E-state index in [4.69, 9.17) is 9.84 Å². The van der Waals surface area contributed by atoms with Gasteiger partial charge in [-0.3, -0.25) is 9.80 Å². The van der Waals surface area contributed by atoms with E-state index in [-0.39, 0.29) is 25.1 Å². The number of rotatable bonds is 9. The Labute approximate surface area is 166 Å². The second-order valence-electron chi connectivity index (χ2n) is 7.22. The van der Waals surface area contributed by atoms with Crippen LogP contribution in [-0.2, 0) is 13.1 Å². The van der Waals surface area contributed by atoms with Gasteiger partial charge < -0.3 is 14.9 Å². The van der Waals surface area contributed by atoms with Gasteiger partial charge in [-0.15, -0.1) is 0 Å². The summed E-state index contributed by atoms with van der Waals surface area (Å²) < 4.78 is 18.6. The van der Waals surface area contributed by atoms with Gasteiger partial charge >= 0.3 is 0 Å². The first-order valence-corrected chi connectivity index (χ1v) is 9.82. The van der Waals surface area contributed by atoms with Gasteiger partial charge in [0.15, 0.2) is 0 Å². The maximum atomic E-state index is 13.1. The summed E-state index contributed by atoms with van der Waals surface area (Å²) in [4.78, 5) is 4.77. The zero-order valence-corrected chi connectivity index (χ0v) is 16.1. The fourth-order valence-electron chi connectivity index (χ4n) is 3.71. The van der Waals surface area contributed by atoms with E-state index in [1.165, 1.54) is 17.7 Å². The fraction of sp³-hybridized carbons (Fsp3) is 0.455. The van der Waals surface area contributed by atoms with E-state index in [1.807, 2.05) is 30.3 Å². The summed E-state index contributed by atoms with van der Waals surface area (Å²) in [6, 6.07) is 14.9. The first-order valence-electron chi connectivity index (χ1n) is 9.82. The molecule has 0 aliphatic carbocycles. The molecule has 1 aliphatic heterocycles. The van der Waals surface area contributed by atoms with Crippen LogP contribution < -0.4 is 4.74 Å². The molecule has 1 saturated heterocycles. The third kappa shape index (κ3) is 6.01. The number of ether oxygens (including phenoxy) is 1. The molecule has 0 saturated carbocycles. The molecule has 1 fully saturated rings. The molecule has 0 aromatic heterocycles. The van der Waals surface area contributed by atoms with Crippen LogP contribution in [0.3, 0.4) is 0 Å². The quantitative estimate of drug-likeness (QED) is 0.690. The minimum Gasteiger partial charge on any atom is -0.491 e. The highest BCUT2D eigenvalue weighted by Crippen LogP contribution is 2.20. The third-order valence-electron chi connectivity index (χ3n) is 5.11. The van der Waals surface area contributed by atoms with Crippen LogP contribution in [-0.4, -0.2) is 65.5 Å². The number of halogens is 1. The van der Waals surface area contributed by atoms with Crippen LogP contribution in [0.25, 0.3) is 0 Å². The summed E-state index contributed by atoms with van der Waals surface area (Å²) in [5.74, 6) is 0.555. The Balaban J connectivity index is 1.59. The molecule has 1 heterocycles. The summed E-state index contributed by atoms with van der Waals surface area (Å²) in [6.45, 7) is 4.76. The van der Waals surface area contributed by atoms with Crippen LogP contribution >= 0.6 is 0 Å². The molecule has 0 radical (unpaired) electrons. The molecular formula is C22H29FN2O3. The molecule has 1 atom stereocenters. The molecule has 28 heavy (non-hydrogen) atoms. The molecular weight excluding hydrogens is 359 g/mol. The van der Waals surface area contributed by atoms with E-state index in [2.05, 4.69) is 15.9 Å². The van der Waals surface area contributed by atoms with Crippen molar-refractivity contribution >= 4 is 0 Å². The molecule has 2 aromatic carbocycles. The first kappa shape index (κ1) is 20.7. The fourth-order valence-corrected chi connectivity index (χ4v) is 3.71. The maximum absolute atomic E-state index is 13.1. The zero-order valence-electron chi connectivity index (χ0n) is 16.1. The minimum atomic E-state index is -0.217. The molecule has 2 N–H and O–H groups in total. The molecule has 6 heteroatoms. The summed E-state index contributed by atoms with van der Waals surface area (Å²) in [5, 5.41) is 18.4. The molecule has 0 bridgehead atoms. The molecule has 2 aromatic rings. The lowest BCUT2D eigenvalue weighted by atomic mass is 10.1. The zero-order chi connectivity index (χ0) is 19.8. The average Bonchev–Trinajstić information content (AvgIpc) is 2.70. The average molecular weight is 388 g/mol. The number of nitrogens with zero attached hydrogens (tertiary/aromatic N) is 2. The van der Waals surface area contributed by atoms with Crippen LogP contribution in [0.2, 0.25) is 0 Å². The highest BCUT2D eigenvalue weighted by atomic mass is 19.1. The summed E-state index contributed by atoms with van der Waals surface area (Å²) >= 11 is 0. The largest absolute Gasteiger partial charge is 0.491 e.